The molecule has 2 N–H and O–H groups in total. The highest BCUT2D eigenvalue weighted by Gasteiger charge is 2.26. The third-order valence-corrected chi connectivity index (χ3v) is 3.82. The van der Waals surface area contributed by atoms with Gasteiger partial charge in [0.05, 0.1) is 5.69 Å². The van der Waals surface area contributed by atoms with Crippen LogP contribution in [0, 0.1) is 30.3 Å². The minimum Gasteiger partial charge on any atom is -0.340 e. The fourth-order valence-corrected chi connectivity index (χ4v) is 2.29. The standard InChI is InChI=1S/C19H19F3N2O2/c1-10(2)17(24-18(25)12-6-4-11(3)5-7-12)19(26)23-16-9-14(21)13(20)8-15(16)22/h4-10,17H,1-3H3,(H,23,26)(H,24,25). The summed E-state index contributed by atoms with van der Waals surface area (Å²) in [4.78, 5) is 24.7. The number of amides is 2. The predicted octanol–water partition coefficient (Wildman–Crippen LogP) is 3.81. The number of carbonyl (C=O) groups is 2. The van der Waals surface area contributed by atoms with Gasteiger partial charge in [-0.15, -0.1) is 0 Å². The number of hydrogen-bond acceptors (Lipinski definition) is 2. The van der Waals surface area contributed by atoms with E-state index in [-0.39, 0.29) is 5.92 Å². The number of anilines is 1. The Hall–Kier alpha value is -2.83. The van der Waals surface area contributed by atoms with E-state index in [1.807, 2.05) is 6.92 Å². The quantitative estimate of drug-likeness (QED) is 0.793. The first-order chi connectivity index (χ1) is 12.2. The molecular weight excluding hydrogens is 345 g/mol. The van der Waals surface area contributed by atoms with Gasteiger partial charge in [0.2, 0.25) is 5.91 Å². The monoisotopic (exact) mass is 364 g/mol. The number of carbonyl (C=O) groups excluding carboxylic acids is 2. The second kappa shape index (κ2) is 8.03. The molecule has 0 aliphatic heterocycles. The molecule has 2 rings (SSSR count). The molecule has 0 heterocycles. The molecule has 0 bridgehead atoms. The first-order valence-electron chi connectivity index (χ1n) is 8.02. The SMILES string of the molecule is Cc1ccc(C(=O)NC(C(=O)Nc2cc(F)c(F)cc2F)C(C)C)cc1. The van der Waals surface area contributed by atoms with Crippen molar-refractivity contribution in [2.24, 2.45) is 5.92 Å². The van der Waals surface area contributed by atoms with Crippen LogP contribution in [0.3, 0.4) is 0 Å². The van der Waals surface area contributed by atoms with Crippen molar-refractivity contribution in [3.05, 3.63) is 65.0 Å². The molecule has 0 saturated heterocycles. The summed E-state index contributed by atoms with van der Waals surface area (Å²) in [7, 11) is 0. The van der Waals surface area contributed by atoms with Crippen molar-refractivity contribution in [2.45, 2.75) is 26.8 Å². The molecular formula is C19H19F3N2O2. The summed E-state index contributed by atoms with van der Waals surface area (Å²) in [5, 5.41) is 4.77. The van der Waals surface area contributed by atoms with E-state index in [0.29, 0.717) is 17.7 Å². The Morgan fingerprint density at radius 3 is 2.08 bits per heavy atom. The molecule has 4 nitrogen and oxygen atoms in total. The Morgan fingerprint density at radius 2 is 1.50 bits per heavy atom. The van der Waals surface area contributed by atoms with E-state index >= 15 is 0 Å². The molecule has 2 amide bonds. The summed E-state index contributed by atoms with van der Waals surface area (Å²) in [6.45, 7) is 5.27. The zero-order valence-corrected chi connectivity index (χ0v) is 14.6. The maximum atomic E-state index is 13.7. The molecule has 0 aliphatic rings. The Balaban J connectivity index is 2.16. The lowest BCUT2D eigenvalue weighted by Crippen LogP contribution is -2.47. The van der Waals surface area contributed by atoms with E-state index < -0.39 is 41.0 Å². The third kappa shape index (κ3) is 4.62. The predicted molar refractivity (Wildman–Crippen MR) is 92.2 cm³/mol. The summed E-state index contributed by atoms with van der Waals surface area (Å²) in [6, 6.07) is 6.68. The van der Waals surface area contributed by atoms with E-state index in [0.717, 1.165) is 5.56 Å². The molecule has 0 radical (unpaired) electrons. The maximum absolute atomic E-state index is 13.7. The van der Waals surface area contributed by atoms with E-state index in [4.69, 9.17) is 0 Å². The van der Waals surface area contributed by atoms with Crippen LogP contribution in [0.5, 0.6) is 0 Å². The van der Waals surface area contributed by atoms with Gasteiger partial charge >= 0.3 is 0 Å². The Kier molecular flexibility index (Phi) is 6.02. The van der Waals surface area contributed by atoms with E-state index in [2.05, 4.69) is 10.6 Å². The molecule has 0 spiro atoms. The van der Waals surface area contributed by atoms with Gasteiger partial charge in [0.1, 0.15) is 11.9 Å². The lowest BCUT2D eigenvalue weighted by molar-refractivity contribution is -0.118. The topological polar surface area (TPSA) is 58.2 Å². The van der Waals surface area contributed by atoms with Gasteiger partial charge < -0.3 is 10.6 Å². The van der Waals surface area contributed by atoms with Crippen molar-refractivity contribution in [3.63, 3.8) is 0 Å². The van der Waals surface area contributed by atoms with Crippen LogP contribution in [0.1, 0.15) is 29.8 Å². The molecule has 0 fully saturated rings. The van der Waals surface area contributed by atoms with Gasteiger partial charge in [0, 0.05) is 17.7 Å². The normalized spacial score (nSPS) is 12.0. The van der Waals surface area contributed by atoms with Crippen LogP contribution in [0.25, 0.3) is 0 Å². The van der Waals surface area contributed by atoms with Crippen LogP contribution < -0.4 is 10.6 Å². The van der Waals surface area contributed by atoms with Crippen LogP contribution in [0.4, 0.5) is 18.9 Å². The Morgan fingerprint density at radius 1 is 0.923 bits per heavy atom. The van der Waals surface area contributed by atoms with E-state index in [1.54, 1.807) is 38.1 Å². The van der Waals surface area contributed by atoms with E-state index in [9.17, 15) is 22.8 Å². The highest BCUT2D eigenvalue weighted by molar-refractivity contribution is 6.01. The van der Waals surface area contributed by atoms with Crippen molar-refractivity contribution >= 4 is 17.5 Å². The minimum atomic E-state index is -1.35. The number of nitrogens with one attached hydrogen (secondary N) is 2. The van der Waals surface area contributed by atoms with Crippen LogP contribution in [0.2, 0.25) is 0 Å². The summed E-state index contributed by atoms with van der Waals surface area (Å²) >= 11 is 0. The number of benzene rings is 2. The molecule has 2 aromatic carbocycles. The van der Waals surface area contributed by atoms with Crippen molar-refractivity contribution in [2.75, 3.05) is 5.32 Å². The summed E-state index contributed by atoms with van der Waals surface area (Å²) < 4.78 is 40.0. The third-order valence-electron chi connectivity index (χ3n) is 3.82. The zero-order valence-electron chi connectivity index (χ0n) is 14.6. The zero-order chi connectivity index (χ0) is 19.4. The fraction of sp³-hybridized carbons (Fsp3) is 0.263. The van der Waals surface area contributed by atoms with Gasteiger partial charge in [-0.05, 0) is 25.0 Å². The van der Waals surface area contributed by atoms with Gasteiger partial charge in [0.25, 0.3) is 5.91 Å². The average molecular weight is 364 g/mol. The van der Waals surface area contributed by atoms with Crippen molar-refractivity contribution in [1.82, 2.24) is 5.32 Å². The first-order valence-corrected chi connectivity index (χ1v) is 8.02. The lowest BCUT2D eigenvalue weighted by atomic mass is 10.0. The van der Waals surface area contributed by atoms with Crippen LogP contribution >= 0.6 is 0 Å². The van der Waals surface area contributed by atoms with Gasteiger partial charge in [-0.25, -0.2) is 13.2 Å². The van der Waals surface area contributed by atoms with E-state index in [1.165, 1.54) is 0 Å². The number of aryl methyl sites for hydroxylation is 1. The second-order valence-electron chi connectivity index (χ2n) is 6.30. The van der Waals surface area contributed by atoms with Crippen LogP contribution in [-0.4, -0.2) is 17.9 Å². The molecule has 0 saturated carbocycles. The van der Waals surface area contributed by atoms with Gasteiger partial charge in [-0.1, -0.05) is 31.5 Å². The second-order valence-corrected chi connectivity index (χ2v) is 6.30. The van der Waals surface area contributed by atoms with Gasteiger partial charge in [0.15, 0.2) is 11.6 Å². The molecule has 0 aromatic heterocycles. The smallest absolute Gasteiger partial charge is 0.251 e. The average Bonchev–Trinajstić information content (AvgIpc) is 2.57. The highest BCUT2D eigenvalue weighted by Crippen LogP contribution is 2.19. The molecule has 1 unspecified atom stereocenters. The molecule has 2 aromatic rings. The summed E-state index contributed by atoms with van der Waals surface area (Å²) in [5.41, 5.74) is 0.853. The van der Waals surface area contributed by atoms with Gasteiger partial charge in [-0.2, -0.15) is 0 Å². The Labute approximate surface area is 149 Å². The number of halogens is 3. The maximum Gasteiger partial charge on any atom is 0.251 e. The lowest BCUT2D eigenvalue weighted by Gasteiger charge is -2.22. The van der Waals surface area contributed by atoms with Crippen molar-refractivity contribution in [1.29, 1.82) is 0 Å². The number of rotatable bonds is 5. The van der Waals surface area contributed by atoms with Crippen LogP contribution in [-0.2, 0) is 4.79 Å². The largest absolute Gasteiger partial charge is 0.340 e. The fourth-order valence-electron chi connectivity index (χ4n) is 2.29. The summed E-state index contributed by atoms with van der Waals surface area (Å²) in [6.07, 6.45) is 0. The molecule has 1 atom stereocenters. The Bertz CT molecular complexity index is 820. The number of hydrogen-bond donors (Lipinski definition) is 2. The van der Waals surface area contributed by atoms with Crippen LogP contribution in [0.15, 0.2) is 36.4 Å². The summed E-state index contributed by atoms with van der Waals surface area (Å²) in [5.74, 6) is -5.27. The molecule has 0 aliphatic carbocycles. The van der Waals surface area contributed by atoms with Crippen molar-refractivity contribution in [3.8, 4) is 0 Å². The molecule has 26 heavy (non-hydrogen) atoms. The minimum absolute atomic E-state index is 0.322. The van der Waals surface area contributed by atoms with Gasteiger partial charge in [-0.3, -0.25) is 9.59 Å². The first kappa shape index (κ1) is 19.5. The van der Waals surface area contributed by atoms with Crippen molar-refractivity contribution < 1.29 is 22.8 Å². The molecule has 7 heteroatoms. The highest BCUT2D eigenvalue weighted by atomic mass is 19.2. The molecule has 138 valence electrons.